The van der Waals surface area contributed by atoms with E-state index in [9.17, 15) is 42.3 Å². The smallest absolute Gasteiger partial charge is 0.478 e. The number of halogens is 5. The molecule has 5 aromatic heterocycles. The number of aromatic carboxylic acids is 1. The van der Waals surface area contributed by atoms with E-state index < -0.39 is 35.4 Å². The molecule has 0 radical (unpaired) electrons. The lowest BCUT2D eigenvalue weighted by molar-refractivity contribution is -0.192. The highest BCUT2D eigenvalue weighted by atomic mass is 35.5. The van der Waals surface area contributed by atoms with E-state index >= 15 is 0 Å². The number of nitrogens with one attached hydrogen (secondary N) is 1. The first kappa shape index (κ1) is 101. The number of piperidine rings is 5. The van der Waals surface area contributed by atoms with Gasteiger partial charge in [0, 0.05) is 112 Å². The van der Waals surface area contributed by atoms with Gasteiger partial charge in [0.2, 0.25) is 23.5 Å². The Hall–Kier alpha value is -12.8. The van der Waals surface area contributed by atoms with Crippen molar-refractivity contribution in [1.29, 1.82) is 21.0 Å². The second-order valence-corrected chi connectivity index (χ2v) is 30.1. The predicted molar refractivity (Wildman–Crippen MR) is 450 cm³/mol. The number of ether oxygens (including phenoxy) is 6. The predicted octanol–water partition coefficient (Wildman–Crippen LogP) is 14.1. The van der Waals surface area contributed by atoms with Crippen LogP contribution in [0.5, 0.6) is 23.5 Å². The fraction of sp³-hybridized carbons (Fsp3) is 0.398. The number of carboxylic acid groups (broad SMARTS) is 2. The maximum Gasteiger partial charge on any atom is 0.490 e. The highest BCUT2D eigenvalue weighted by Gasteiger charge is 2.38. The number of aliphatic hydroxyl groups excluding tert-OH is 1. The Balaban J connectivity index is 0.000000257. The van der Waals surface area contributed by atoms with Crippen molar-refractivity contribution in [3.8, 4) is 47.8 Å². The number of carboxylic acids is 2. The lowest BCUT2D eigenvalue weighted by Gasteiger charge is -2.33. The SMILES string of the molecule is CC(C)(C)OC(=O)N1CCC[C@H](O)C1.CC(C)(C)OC(=O)N1CCC[C@H](Oc2cc(C#N)ccn2)C1.Cl.N#Cc1ccnc(Cl)c1.N#Cc1ccnc(O[C@H]2CCCN(C(=O)c3ccccc3)C2)c1.N#Cc1ccnc(O[C@H]2CCCNC2)c1.NCc1ccnc(O[C@H]2CCCN(C(=O)c3ccccc3)C2)c1.O=C(O)C(F)(F)F.O=C(O)c1ccccc1. The molecular weight excluding hydrogens is 1630 g/mol. The van der Waals surface area contributed by atoms with Crippen molar-refractivity contribution in [2.75, 3.05) is 65.4 Å². The molecule has 13 rings (SSSR count). The van der Waals surface area contributed by atoms with E-state index in [1.165, 1.54) is 12.3 Å². The van der Waals surface area contributed by atoms with Gasteiger partial charge >= 0.3 is 30.3 Å². The summed E-state index contributed by atoms with van der Waals surface area (Å²) in [5.41, 5.74) is 9.55. The van der Waals surface area contributed by atoms with Crippen LogP contribution in [0.2, 0.25) is 5.15 Å². The average molecular weight is 1740 g/mol. The van der Waals surface area contributed by atoms with Crippen LogP contribution in [0.25, 0.3) is 0 Å². The fourth-order valence-corrected chi connectivity index (χ4v) is 12.0. The van der Waals surface area contributed by atoms with Crippen molar-refractivity contribution in [2.45, 2.75) is 160 Å². The minimum atomic E-state index is -5.08. The van der Waals surface area contributed by atoms with Gasteiger partial charge in [-0.15, -0.1) is 12.4 Å². The van der Waals surface area contributed by atoms with Gasteiger partial charge in [0.15, 0.2) is 0 Å². The Bertz CT molecular complexity index is 4800. The van der Waals surface area contributed by atoms with Gasteiger partial charge in [0.25, 0.3) is 11.8 Å². The van der Waals surface area contributed by atoms with Crippen molar-refractivity contribution >= 4 is 59.9 Å². The monoisotopic (exact) mass is 1740 g/mol. The van der Waals surface area contributed by atoms with Crippen molar-refractivity contribution in [1.82, 2.24) is 49.8 Å². The van der Waals surface area contributed by atoms with E-state index in [4.69, 9.17) is 81.8 Å². The summed E-state index contributed by atoms with van der Waals surface area (Å²) in [6.07, 6.45) is 10.8. The maximum absolute atomic E-state index is 12.5. The van der Waals surface area contributed by atoms with Crippen LogP contribution in [0, 0.1) is 45.3 Å². The third kappa shape index (κ3) is 39.1. The Morgan fingerprint density at radius 2 is 0.805 bits per heavy atom. The van der Waals surface area contributed by atoms with Crippen molar-refractivity contribution < 1.29 is 85.7 Å². The molecule has 654 valence electrons. The molecule has 35 heteroatoms. The summed E-state index contributed by atoms with van der Waals surface area (Å²) in [7, 11) is 0. The second kappa shape index (κ2) is 52.4. The molecule has 5 atom stereocenters. The first-order chi connectivity index (χ1) is 58.2. The Morgan fingerprint density at radius 3 is 1.14 bits per heavy atom. The van der Waals surface area contributed by atoms with Crippen LogP contribution in [0.3, 0.4) is 0 Å². The molecular formula is C88H102Cl2F3N15O15. The highest BCUT2D eigenvalue weighted by molar-refractivity contribution is 6.29. The van der Waals surface area contributed by atoms with E-state index in [-0.39, 0.29) is 60.8 Å². The standard InChI is InChI=1S/C18H21N3O2.C18H17N3O2.C16H21N3O3.C11H13N3O.C10H19NO3.C7H6O2.C6H3ClN2.C2HF3O2.ClH/c2*19-12-14-8-9-20-17(11-14)23-16-7-4-10-21(13-16)18(22)15-5-2-1-3-6-15;1-16(2,3)22-15(20)19-8-4-5-13(11-19)21-14-9-12(10-17)6-7-18-14;12-7-9-3-5-14-11(6-9)15-10-2-1-4-13-8-10;1-10(2,3)14-9(13)11-6-4-5-8(12)7-11;8-7(9)6-4-2-1-3-5-6;7-6-3-5(4-8)1-2-9-6;3-2(4,5)1(6)7;/h1-3,5-6,8-9,11,16H,4,7,10,12-13,19H2;1-3,5-6,8-9,11,16H,4,7,10,13H2;6-7,9,13H,4-5,8,11H2,1-3H3;3,5-6,10,13H,1-2,4,8H2;8,12H,4-7H2,1-3H3;1-5H,(H,8,9);1-3H;(H,6,7);1H/t2*16-;13-;10-;8-;;;;/m00000..../s1. The molecule has 0 saturated carbocycles. The molecule has 5 aliphatic heterocycles. The molecule has 5 fully saturated rings. The lowest BCUT2D eigenvalue weighted by atomic mass is 10.1. The molecule has 5 saturated heterocycles. The van der Waals surface area contributed by atoms with Crippen molar-refractivity contribution in [3.05, 3.63) is 232 Å². The number of carbonyl (C=O) groups is 6. The van der Waals surface area contributed by atoms with Gasteiger partial charge in [-0.1, -0.05) is 66.2 Å². The zero-order valence-electron chi connectivity index (χ0n) is 69.1. The van der Waals surface area contributed by atoms with E-state index in [0.717, 1.165) is 102 Å². The number of carbonyl (C=O) groups excluding carboxylic acids is 4. The van der Waals surface area contributed by atoms with E-state index in [1.54, 1.807) is 107 Å². The third-order valence-corrected chi connectivity index (χ3v) is 17.8. The number of alkyl halides is 3. The maximum atomic E-state index is 12.5. The van der Waals surface area contributed by atoms with Crippen LogP contribution in [-0.2, 0) is 20.8 Å². The number of aliphatic carboxylic acids is 1. The number of hydrogen-bond acceptors (Lipinski definition) is 24. The average Bonchev–Trinajstić information content (AvgIpc) is 0.823. The van der Waals surface area contributed by atoms with Gasteiger partial charge in [-0.2, -0.15) is 34.2 Å². The molecule has 3 aromatic carbocycles. The number of pyridine rings is 5. The van der Waals surface area contributed by atoms with Gasteiger partial charge in [-0.25, -0.2) is 44.1 Å². The number of amides is 4. The minimum Gasteiger partial charge on any atom is -0.478 e. The number of aromatic nitrogens is 5. The van der Waals surface area contributed by atoms with E-state index in [2.05, 4.69) is 48.4 Å². The number of benzene rings is 3. The summed E-state index contributed by atoms with van der Waals surface area (Å²) in [6, 6.07) is 51.8. The molecule has 30 nitrogen and oxygen atoms in total. The van der Waals surface area contributed by atoms with Gasteiger partial charge in [-0.3, -0.25) is 9.59 Å². The zero-order chi connectivity index (χ0) is 89.0. The second-order valence-electron chi connectivity index (χ2n) is 29.8. The zero-order valence-corrected chi connectivity index (χ0v) is 70.7. The van der Waals surface area contributed by atoms with Gasteiger partial charge in [0.05, 0.1) is 77.8 Å². The summed E-state index contributed by atoms with van der Waals surface area (Å²) in [5.74, 6) is -1.59. The number of likely N-dealkylation sites (tertiary alicyclic amines) is 4. The Morgan fingerprint density at radius 1 is 0.472 bits per heavy atom. The molecule has 123 heavy (non-hydrogen) atoms. The van der Waals surface area contributed by atoms with E-state index in [0.29, 0.717) is 108 Å². The summed E-state index contributed by atoms with van der Waals surface area (Å²) in [4.78, 5) is 94.9. The number of hydrogen-bond donors (Lipinski definition) is 5. The number of nitriles is 4. The Labute approximate surface area is 724 Å². The first-order valence-electron chi connectivity index (χ1n) is 39.3. The van der Waals surface area contributed by atoms with Crippen LogP contribution >= 0.6 is 24.0 Å². The molecule has 0 aliphatic carbocycles. The number of nitrogens with two attached hydrogens (primary N) is 1. The minimum absolute atomic E-state index is 0. The van der Waals surface area contributed by atoms with Crippen LogP contribution in [0.4, 0.5) is 22.8 Å². The largest absolute Gasteiger partial charge is 0.490 e. The number of nitrogens with zero attached hydrogens (tertiary/aromatic N) is 13. The molecule has 6 N–H and O–H groups in total. The summed E-state index contributed by atoms with van der Waals surface area (Å²) in [6.45, 7) is 18.3. The number of β-amino-alcohol motifs (C(OH)–C–C–N with tert-alkyl or cyclic N) is 1. The molecule has 4 amide bonds. The highest BCUT2D eigenvalue weighted by Crippen LogP contribution is 2.25. The fourth-order valence-electron chi connectivity index (χ4n) is 11.9. The number of aliphatic hydroxyl groups is 1. The Kier molecular flexibility index (Phi) is 43.0. The van der Waals surface area contributed by atoms with Crippen LogP contribution in [-0.4, -0.2) is 209 Å². The summed E-state index contributed by atoms with van der Waals surface area (Å²) >= 11 is 5.46. The van der Waals surface area contributed by atoms with Crippen LogP contribution in [0.1, 0.15) is 165 Å². The molecule has 5 aliphatic rings. The van der Waals surface area contributed by atoms with Crippen LogP contribution in [0.15, 0.2) is 183 Å². The summed E-state index contributed by atoms with van der Waals surface area (Å²) in [5, 5.41) is 63.4. The van der Waals surface area contributed by atoms with Crippen molar-refractivity contribution in [3.63, 3.8) is 0 Å². The normalized spacial score (nSPS) is 17.0. The topological polar surface area (TPSA) is 429 Å². The lowest BCUT2D eigenvalue weighted by Crippen LogP contribution is -2.46. The van der Waals surface area contributed by atoms with Gasteiger partial charge < -0.3 is 74.4 Å². The van der Waals surface area contributed by atoms with Crippen LogP contribution < -0.4 is 30.0 Å². The molecule has 0 bridgehead atoms. The number of rotatable bonds is 12. The van der Waals surface area contributed by atoms with Gasteiger partial charge in [-0.05, 0) is 191 Å². The van der Waals surface area contributed by atoms with Crippen molar-refractivity contribution in [2.24, 2.45) is 5.73 Å². The quantitative estimate of drug-likeness (QED) is 0.0709. The summed E-state index contributed by atoms with van der Waals surface area (Å²) < 4.78 is 65.6. The molecule has 0 unspecified atom stereocenters. The first-order valence-corrected chi connectivity index (χ1v) is 39.6. The molecule has 0 spiro atoms. The third-order valence-electron chi connectivity index (χ3n) is 17.6. The van der Waals surface area contributed by atoms with E-state index in [1.807, 2.05) is 130 Å². The molecule has 8 aromatic rings. The molecule has 10 heterocycles. The van der Waals surface area contributed by atoms with Gasteiger partial charge in [0.1, 0.15) is 40.8 Å².